The minimum absolute atomic E-state index is 0.0459. The number of methoxy groups -OCH3 is 1. The molecule has 2 aliphatic heterocycles. The van der Waals surface area contributed by atoms with Gasteiger partial charge in [-0.1, -0.05) is 18.7 Å². The summed E-state index contributed by atoms with van der Waals surface area (Å²) in [5.41, 5.74) is 5.99. The third-order valence-corrected chi connectivity index (χ3v) is 6.94. The second-order valence-electron chi connectivity index (χ2n) is 8.95. The molecule has 0 aliphatic carbocycles. The molecular weight excluding hydrogens is 446 g/mol. The number of ether oxygens (including phenoxy) is 2. The van der Waals surface area contributed by atoms with Crippen LogP contribution in [0.1, 0.15) is 47.1 Å². The molecule has 5 rings (SSSR count). The molecule has 0 amide bonds. The summed E-state index contributed by atoms with van der Waals surface area (Å²) in [6.45, 7) is 9.97. The van der Waals surface area contributed by atoms with E-state index in [9.17, 15) is 9.90 Å². The number of rotatable bonds is 4. The fourth-order valence-corrected chi connectivity index (χ4v) is 5.64. The van der Waals surface area contributed by atoms with Crippen molar-refractivity contribution >= 4 is 40.2 Å². The van der Waals surface area contributed by atoms with Gasteiger partial charge in [0.1, 0.15) is 11.5 Å². The van der Waals surface area contributed by atoms with Gasteiger partial charge in [0.15, 0.2) is 17.3 Å². The number of aromatic hydroxyl groups is 1. The lowest BCUT2D eigenvalue weighted by Gasteiger charge is -2.35. The summed E-state index contributed by atoms with van der Waals surface area (Å²) in [6, 6.07) is 9.18. The van der Waals surface area contributed by atoms with Gasteiger partial charge < -0.3 is 19.9 Å². The Labute approximate surface area is 202 Å². The fourth-order valence-electron chi connectivity index (χ4n) is 4.81. The number of phenolic OH excluding ortho intramolecular Hbond substituents is 1. The van der Waals surface area contributed by atoms with Crippen LogP contribution in [-0.4, -0.2) is 23.5 Å². The average Bonchev–Trinajstić information content (AvgIpc) is 3.25. The van der Waals surface area contributed by atoms with Crippen molar-refractivity contribution in [1.29, 1.82) is 0 Å². The van der Waals surface area contributed by atoms with Gasteiger partial charge in [-0.15, -0.1) is 11.3 Å². The number of nitrogens with one attached hydrogen (secondary N) is 1. The molecule has 34 heavy (non-hydrogen) atoms. The standard InChI is InChI=1S/C28H25NO4S/c1-6-19(30)16-11-12-34-23(16)13-22-25-17(26-21(33-22)10-9-20(31)27(26)32-5)7-8-18-24(25)15(2)14-28(3,4)29-18/h6-14,29,31H,1H2,2-5H3. The van der Waals surface area contributed by atoms with Crippen molar-refractivity contribution in [2.24, 2.45) is 0 Å². The van der Waals surface area contributed by atoms with Gasteiger partial charge in [0.2, 0.25) is 0 Å². The number of allylic oxidation sites excluding steroid dienone is 2. The third kappa shape index (κ3) is 3.42. The van der Waals surface area contributed by atoms with E-state index >= 15 is 0 Å². The number of carbonyl (C=O) groups is 1. The maximum Gasteiger partial charge on any atom is 0.186 e. The molecule has 0 saturated carbocycles. The molecule has 5 nitrogen and oxygen atoms in total. The lowest BCUT2D eigenvalue weighted by molar-refractivity contribution is 0.104. The summed E-state index contributed by atoms with van der Waals surface area (Å²) < 4.78 is 12.0. The van der Waals surface area contributed by atoms with Crippen LogP contribution in [0, 0.1) is 0 Å². The van der Waals surface area contributed by atoms with Crippen LogP contribution in [-0.2, 0) is 0 Å². The van der Waals surface area contributed by atoms with Crippen LogP contribution in [0.25, 0.3) is 28.5 Å². The monoisotopic (exact) mass is 471 g/mol. The number of hydrogen-bond acceptors (Lipinski definition) is 6. The highest BCUT2D eigenvalue weighted by Gasteiger charge is 2.33. The molecule has 0 saturated heterocycles. The Balaban J connectivity index is 1.83. The number of benzene rings is 2. The van der Waals surface area contributed by atoms with Gasteiger partial charge in [-0.3, -0.25) is 4.79 Å². The maximum absolute atomic E-state index is 12.4. The van der Waals surface area contributed by atoms with Gasteiger partial charge >= 0.3 is 0 Å². The topological polar surface area (TPSA) is 67.8 Å². The largest absolute Gasteiger partial charge is 0.504 e. The third-order valence-electron chi connectivity index (χ3n) is 6.08. The summed E-state index contributed by atoms with van der Waals surface area (Å²) in [7, 11) is 1.53. The smallest absolute Gasteiger partial charge is 0.186 e. The molecule has 3 heterocycles. The normalized spacial score (nSPS) is 16.4. The molecule has 0 radical (unpaired) electrons. The van der Waals surface area contributed by atoms with Crippen LogP contribution in [0.3, 0.4) is 0 Å². The van der Waals surface area contributed by atoms with Crippen molar-refractivity contribution in [2.45, 2.75) is 26.3 Å². The first kappa shape index (κ1) is 22.0. The number of phenols is 1. The number of thiophene rings is 1. The lowest BCUT2D eigenvalue weighted by Crippen LogP contribution is -2.32. The van der Waals surface area contributed by atoms with Crippen molar-refractivity contribution in [2.75, 3.05) is 12.4 Å². The zero-order valence-electron chi connectivity index (χ0n) is 19.5. The molecule has 0 bridgehead atoms. The van der Waals surface area contributed by atoms with Crippen molar-refractivity contribution in [3.8, 4) is 28.4 Å². The van der Waals surface area contributed by atoms with E-state index in [0.29, 0.717) is 28.4 Å². The summed E-state index contributed by atoms with van der Waals surface area (Å²) in [6.07, 6.45) is 5.43. The molecule has 0 fully saturated rings. The predicted molar refractivity (Wildman–Crippen MR) is 139 cm³/mol. The molecular formula is C28H25NO4S. The van der Waals surface area contributed by atoms with E-state index in [1.165, 1.54) is 24.5 Å². The summed E-state index contributed by atoms with van der Waals surface area (Å²) in [5, 5.41) is 16.0. The summed E-state index contributed by atoms with van der Waals surface area (Å²) >= 11 is 1.47. The molecule has 2 aliphatic rings. The van der Waals surface area contributed by atoms with Gasteiger partial charge in [-0.05, 0) is 68.1 Å². The van der Waals surface area contributed by atoms with Crippen LogP contribution in [0.4, 0.5) is 5.69 Å². The van der Waals surface area contributed by atoms with E-state index in [-0.39, 0.29) is 17.1 Å². The zero-order chi connectivity index (χ0) is 24.2. The highest BCUT2D eigenvalue weighted by atomic mass is 32.1. The lowest BCUT2D eigenvalue weighted by atomic mass is 9.83. The highest BCUT2D eigenvalue weighted by Crippen LogP contribution is 2.54. The predicted octanol–water partition coefficient (Wildman–Crippen LogP) is 7.00. The first-order valence-electron chi connectivity index (χ1n) is 10.9. The van der Waals surface area contributed by atoms with Crippen LogP contribution in [0.2, 0.25) is 0 Å². The SMILES string of the molecule is C=CC(=O)c1ccsc1C=C1Oc2ccc(O)c(OC)c2-c2ccc3c(c21)C(C)=CC(C)(C)N3. The minimum atomic E-state index is -0.199. The molecule has 0 unspecified atom stereocenters. The second-order valence-corrected chi connectivity index (χ2v) is 9.90. The first-order valence-corrected chi connectivity index (χ1v) is 11.8. The van der Waals surface area contributed by atoms with Crippen molar-refractivity contribution in [3.05, 3.63) is 76.0 Å². The number of hydrogen-bond donors (Lipinski definition) is 2. The van der Waals surface area contributed by atoms with E-state index in [1.54, 1.807) is 18.2 Å². The van der Waals surface area contributed by atoms with Gasteiger partial charge in [-0.2, -0.15) is 0 Å². The van der Waals surface area contributed by atoms with Gasteiger partial charge in [-0.25, -0.2) is 0 Å². The fraction of sp³-hybridized carbons (Fsp3) is 0.179. The number of anilines is 1. The Hall–Kier alpha value is -3.77. The number of ketones is 1. The van der Waals surface area contributed by atoms with Crippen LogP contribution in [0.5, 0.6) is 17.2 Å². The molecule has 6 heteroatoms. The Kier molecular flexibility index (Phi) is 5.14. The molecule has 172 valence electrons. The zero-order valence-corrected chi connectivity index (χ0v) is 20.3. The minimum Gasteiger partial charge on any atom is -0.504 e. The van der Waals surface area contributed by atoms with E-state index in [0.717, 1.165) is 32.8 Å². The summed E-state index contributed by atoms with van der Waals surface area (Å²) in [4.78, 5) is 13.2. The molecule has 2 N–H and O–H groups in total. The van der Waals surface area contributed by atoms with Crippen LogP contribution < -0.4 is 14.8 Å². The molecule has 2 aromatic carbocycles. The van der Waals surface area contributed by atoms with Crippen LogP contribution in [0.15, 0.2) is 54.4 Å². The van der Waals surface area contributed by atoms with E-state index in [2.05, 4.69) is 44.8 Å². The van der Waals surface area contributed by atoms with Crippen molar-refractivity contribution in [1.82, 2.24) is 0 Å². The molecule has 3 aromatic rings. The van der Waals surface area contributed by atoms with E-state index < -0.39 is 0 Å². The Morgan fingerprint density at radius 3 is 2.71 bits per heavy atom. The number of carbonyl (C=O) groups excluding carboxylic acids is 1. The number of fused-ring (bicyclic) bond motifs is 5. The van der Waals surface area contributed by atoms with Crippen molar-refractivity contribution < 1.29 is 19.4 Å². The quantitative estimate of drug-likeness (QED) is 0.317. The Morgan fingerprint density at radius 1 is 1.18 bits per heavy atom. The van der Waals surface area contributed by atoms with E-state index in [1.807, 2.05) is 17.5 Å². The summed E-state index contributed by atoms with van der Waals surface area (Å²) in [5.74, 6) is 1.48. The molecule has 1 aromatic heterocycles. The maximum atomic E-state index is 12.4. The van der Waals surface area contributed by atoms with Crippen molar-refractivity contribution in [3.63, 3.8) is 0 Å². The van der Waals surface area contributed by atoms with E-state index in [4.69, 9.17) is 9.47 Å². The Bertz CT molecular complexity index is 1420. The average molecular weight is 472 g/mol. The Morgan fingerprint density at radius 2 is 1.97 bits per heavy atom. The molecule has 0 atom stereocenters. The van der Waals surface area contributed by atoms with Gasteiger partial charge in [0.25, 0.3) is 0 Å². The highest BCUT2D eigenvalue weighted by molar-refractivity contribution is 7.11. The van der Waals surface area contributed by atoms with Crippen LogP contribution >= 0.6 is 11.3 Å². The molecule has 0 spiro atoms. The first-order chi connectivity index (χ1) is 16.2. The van der Waals surface area contributed by atoms with Gasteiger partial charge in [0, 0.05) is 32.8 Å². The second kappa shape index (κ2) is 7.92. The van der Waals surface area contributed by atoms with Gasteiger partial charge in [0.05, 0.1) is 18.2 Å².